The molecule has 0 saturated carbocycles. The lowest BCUT2D eigenvalue weighted by atomic mass is 10.0. The molecular formula is C16H16FNO2. The second kappa shape index (κ2) is 5.13. The van der Waals surface area contributed by atoms with Gasteiger partial charge in [-0.1, -0.05) is 19.1 Å². The van der Waals surface area contributed by atoms with Crippen molar-refractivity contribution in [3.8, 4) is 0 Å². The molecule has 0 fully saturated rings. The van der Waals surface area contributed by atoms with Gasteiger partial charge >= 0.3 is 0 Å². The van der Waals surface area contributed by atoms with Crippen molar-refractivity contribution < 1.29 is 13.2 Å². The van der Waals surface area contributed by atoms with Crippen molar-refractivity contribution in [1.82, 2.24) is 5.32 Å². The third kappa shape index (κ3) is 2.02. The predicted octanol–water partition coefficient (Wildman–Crippen LogP) is 4.04. The molecule has 0 spiro atoms. The maximum absolute atomic E-state index is 13.7. The van der Waals surface area contributed by atoms with E-state index in [9.17, 15) is 4.39 Å². The Hall–Kier alpha value is -2.07. The number of furan rings is 2. The summed E-state index contributed by atoms with van der Waals surface area (Å²) in [5.74, 6) is 1.25. The monoisotopic (exact) mass is 273 g/mol. The van der Waals surface area contributed by atoms with Crippen LogP contribution in [0.5, 0.6) is 0 Å². The number of halogens is 1. The van der Waals surface area contributed by atoms with E-state index in [1.54, 1.807) is 12.3 Å². The van der Waals surface area contributed by atoms with Crippen molar-refractivity contribution in [2.75, 3.05) is 7.05 Å². The zero-order valence-electron chi connectivity index (χ0n) is 11.4. The average Bonchev–Trinajstić information content (AvgIpc) is 3.07. The molecule has 3 aromatic rings. The molecule has 20 heavy (non-hydrogen) atoms. The largest absolute Gasteiger partial charge is 0.469 e. The van der Waals surface area contributed by atoms with Crippen LogP contribution < -0.4 is 5.32 Å². The van der Waals surface area contributed by atoms with Crippen LogP contribution in [0.1, 0.15) is 30.0 Å². The highest BCUT2D eigenvalue weighted by atomic mass is 19.1. The van der Waals surface area contributed by atoms with Crippen molar-refractivity contribution in [3.05, 3.63) is 59.5 Å². The summed E-state index contributed by atoms with van der Waals surface area (Å²) in [4.78, 5) is 0. The normalized spacial score (nSPS) is 12.9. The van der Waals surface area contributed by atoms with Crippen molar-refractivity contribution in [2.45, 2.75) is 19.4 Å². The van der Waals surface area contributed by atoms with Crippen LogP contribution in [0.15, 0.2) is 45.4 Å². The molecule has 0 saturated heterocycles. The second-order valence-electron chi connectivity index (χ2n) is 4.68. The molecule has 0 aliphatic heterocycles. The molecule has 4 heteroatoms. The predicted molar refractivity (Wildman–Crippen MR) is 75.2 cm³/mol. The van der Waals surface area contributed by atoms with Crippen molar-refractivity contribution in [1.29, 1.82) is 0 Å². The minimum absolute atomic E-state index is 0.143. The van der Waals surface area contributed by atoms with E-state index in [1.165, 1.54) is 6.07 Å². The number of nitrogens with one attached hydrogen (secondary N) is 1. The molecule has 2 heterocycles. The summed E-state index contributed by atoms with van der Waals surface area (Å²) in [5.41, 5.74) is 1.32. The molecule has 1 N–H and O–H groups in total. The molecule has 0 amide bonds. The highest BCUT2D eigenvalue weighted by molar-refractivity contribution is 5.78. The Labute approximate surface area is 116 Å². The first-order valence-corrected chi connectivity index (χ1v) is 6.66. The summed E-state index contributed by atoms with van der Waals surface area (Å²) in [6.07, 6.45) is 2.47. The third-order valence-corrected chi connectivity index (χ3v) is 3.50. The fraction of sp³-hybridized carbons (Fsp3) is 0.250. The minimum atomic E-state index is -0.341. The molecule has 0 aliphatic carbocycles. The van der Waals surface area contributed by atoms with Crippen LogP contribution in [0.2, 0.25) is 0 Å². The molecule has 0 radical (unpaired) electrons. The van der Waals surface area contributed by atoms with E-state index >= 15 is 0 Å². The molecule has 0 bridgehead atoms. The van der Waals surface area contributed by atoms with E-state index < -0.39 is 0 Å². The molecule has 3 rings (SSSR count). The fourth-order valence-electron chi connectivity index (χ4n) is 2.54. The van der Waals surface area contributed by atoms with Crippen molar-refractivity contribution in [2.24, 2.45) is 0 Å². The van der Waals surface area contributed by atoms with E-state index in [4.69, 9.17) is 8.83 Å². The first-order valence-electron chi connectivity index (χ1n) is 6.66. The Morgan fingerprint density at radius 3 is 2.85 bits per heavy atom. The summed E-state index contributed by atoms with van der Waals surface area (Å²) in [5, 5.41) is 3.97. The summed E-state index contributed by atoms with van der Waals surface area (Å²) in [7, 11) is 1.85. The molecule has 0 aliphatic rings. The topological polar surface area (TPSA) is 38.3 Å². The number of aryl methyl sites for hydroxylation is 1. The van der Waals surface area contributed by atoms with E-state index in [2.05, 4.69) is 5.32 Å². The quantitative estimate of drug-likeness (QED) is 0.779. The van der Waals surface area contributed by atoms with E-state index in [0.29, 0.717) is 11.3 Å². The molecule has 1 aromatic carbocycles. The molecule has 3 nitrogen and oxygen atoms in total. The van der Waals surface area contributed by atoms with Gasteiger partial charge < -0.3 is 14.2 Å². The van der Waals surface area contributed by atoms with Crippen LogP contribution in [0, 0.1) is 5.82 Å². The standard InChI is InChI=1S/C16H16FNO2/c1-3-13-11(7-8-19-13)15(18-2)14-9-10-5-4-6-12(17)16(10)20-14/h4-9,15,18H,3H2,1-2H3. The first kappa shape index (κ1) is 12.9. The van der Waals surface area contributed by atoms with Crippen LogP contribution in [-0.2, 0) is 6.42 Å². The van der Waals surface area contributed by atoms with Gasteiger partial charge in [-0.15, -0.1) is 0 Å². The van der Waals surface area contributed by atoms with Crippen LogP contribution in [0.3, 0.4) is 0 Å². The van der Waals surface area contributed by atoms with Crippen LogP contribution in [0.25, 0.3) is 11.0 Å². The molecule has 104 valence electrons. The SMILES string of the molecule is CCc1occc1C(NC)c1cc2cccc(F)c2o1. The van der Waals surface area contributed by atoms with Crippen LogP contribution >= 0.6 is 0 Å². The van der Waals surface area contributed by atoms with Gasteiger partial charge in [-0.2, -0.15) is 0 Å². The maximum Gasteiger partial charge on any atom is 0.169 e. The van der Waals surface area contributed by atoms with Gasteiger partial charge in [-0.25, -0.2) is 4.39 Å². The lowest BCUT2D eigenvalue weighted by Gasteiger charge is -2.13. The summed E-state index contributed by atoms with van der Waals surface area (Å²) in [6.45, 7) is 2.04. The number of para-hydroxylation sites is 1. The number of hydrogen-bond donors (Lipinski definition) is 1. The van der Waals surface area contributed by atoms with E-state index in [-0.39, 0.29) is 11.9 Å². The number of hydrogen-bond acceptors (Lipinski definition) is 3. The highest BCUT2D eigenvalue weighted by Gasteiger charge is 2.21. The summed E-state index contributed by atoms with van der Waals surface area (Å²) >= 11 is 0. The maximum atomic E-state index is 13.7. The first-order chi connectivity index (χ1) is 9.74. The van der Waals surface area contributed by atoms with Crippen LogP contribution in [0.4, 0.5) is 4.39 Å². The van der Waals surface area contributed by atoms with Gasteiger partial charge in [0.15, 0.2) is 11.4 Å². The summed E-state index contributed by atoms with van der Waals surface area (Å²) in [6, 6.07) is 8.57. The van der Waals surface area contributed by atoms with Crippen molar-refractivity contribution >= 4 is 11.0 Å². The zero-order valence-corrected chi connectivity index (χ0v) is 11.4. The van der Waals surface area contributed by atoms with E-state index in [0.717, 1.165) is 23.1 Å². The molecular weight excluding hydrogens is 257 g/mol. The highest BCUT2D eigenvalue weighted by Crippen LogP contribution is 2.31. The van der Waals surface area contributed by atoms with Gasteiger partial charge in [0.2, 0.25) is 0 Å². The Balaban J connectivity index is 2.10. The fourth-order valence-corrected chi connectivity index (χ4v) is 2.54. The van der Waals surface area contributed by atoms with Gasteiger partial charge in [0, 0.05) is 17.4 Å². The van der Waals surface area contributed by atoms with E-state index in [1.807, 2.05) is 32.2 Å². The third-order valence-electron chi connectivity index (χ3n) is 3.50. The molecule has 1 atom stereocenters. The Bertz CT molecular complexity index is 729. The van der Waals surface area contributed by atoms with Gasteiger partial charge in [0.25, 0.3) is 0 Å². The summed E-state index contributed by atoms with van der Waals surface area (Å²) < 4.78 is 24.9. The average molecular weight is 273 g/mol. The number of benzene rings is 1. The van der Waals surface area contributed by atoms with Gasteiger partial charge in [-0.3, -0.25) is 0 Å². The van der Waals surface area contributed by atoms with Gasteiger partial charge in [-0.05, 0) is 25.2 Å². The lowest BCUT2D eigenvalue weighted by Crippen LogP contribution is -2.17. The number of rotatable bonds is 4. The smallest absolute Gasteiger partial charge is 0.169 e. The van der Waals surface area contributed by atoms with Crippen molar-refractivity contribution in [3.63, 3.8) is 0 Å². The number of fused-ring (bicyclic) bond motifs is 1. The van der Waals surface area contributed by atoms with Gasteiger partial charge in [0.1, 0.15) is 11.5 Å². The Kier molecular flexibility index (Phi) is 3.32. The Morgan fingerprint density at radius 1 is 1.30 bits per heavy atom. The van der Waals surface area contributed by atoms with Crippen LogP contribution in [-0.4, -0.2) is 7.05 Å². The molecule has 2 aromatic heterocycles. The molecule has 1 unspecified atom stereocenters. The Morgan fingerprint density at radius 2 is 2.15 bits per heavy atom. The second-order valence-corrected chi connectivity index (χ2v) is 4.68. The zero-order chi connectivity index (χ0) is 14.1. The van der Waals surface area contributed by atoms with Gasteiger partial charge in [0.05, 0.1) is 12.3 Å². The lowest BCUT2D eigenvalue weighted by molar-refractivity contribution is 0.462. The minimum Gasteiger partial charge on any atom is -0.469 e.